The molecule has 0 heterocycles. The molecule has 1 amide bonds. The number of phosphoric acid groups is 1. The zero-order valence-electron chi connectivity index (χ0n) is 44.2. The van der Waals surface area contributed by atoms with E-state index in [1.54, 1.807) is 0 Å². The Kier molecular flexibility index (Phi) is 45.7. The number of nitrogens with one attached hydrogen (secondary N) is 1. The molecule has 66 heavy (non-hydrogen) atoms. The van der Waals surface area contributed by atoms with Gasteiger partial charge in [-0.25, -0.2) is 0 Å². The van der Waals surface area contributed by atoms with Crippen LogP contribution >= 0.6 is 7.82 Å². The molecule has 0 saturated carbocycles. The number of amides is 1. The van der Waals surface area contributed by atoms with Crippen LogP contribution in [0.25, 0.3) is 0 Å². The number of hydrogen-bond acceptors (Lipinski definition) is 7. The molecule has 0 aliphatic heterocycles. The second-order valence-electron chi connectivity index (χ2n) is 20.1. The maximum atomic E-state index is 13.4. The predicted octanol–water partition coefficient (Wildman–Crippen LogP) is 15.8. The number of nitrogens with zero attached hydrogens (tertiary/aromatic N) is 1. The molecule has 0 rings (SSSR count). The molecule has 0 aromatic carbocycles. The van der Waals surface area contributed by atoms with E-state index in [9.17, 15) is 19.0 Å². The molecule has 0 radical (unpaired) electrons. The normalized spacial score (nSPS) is 14.1. The van der Waals surface area contributed by atoms with Crippen LogP contribution in [0.1, 0.15) is 258 Å². The molecule has 0 aliphatic carbocycles. The van der Waals surface area contributed by atoms with Gasteiger partial charge in [0.2, 0.25) is 5.91 Å². The van der Waals surface area contributed by atoms with Crippen molar-refractivity contribution in [3.8, 4) is 0 Å². The van der Waals surface area contributed by atoms with Gasteiger partial charge in [0.25, 0.3) is 7.82 Å². The molecule has 0 aromatic heterocycles. The summed E-state index contributed by atoms with van der Waals surface area (Å²) < 4.78 is 30.2. The van der Waals surface area contributed by atoms with Crippen LogP contribution in [0, 0.1) is 0 Å². The lowest BCUT2D eigenvalue weighted by Crippen LogP contribution is -2.47. The Labute approximate surface area is 408 Å². The van der Waals surface area contributed by atoms with Gasteiger partial charge in [-0.2, -0.15) is 0 Å². The van der Waals surface area contributed by atoms with Crippen molar-refractivity contribution in [1.29, 1.82) is 0 Å². The van der Waals surface area contributed by atoms with Gasteiger partial charge in [0.05, 0.1) is 33.8 Å². The van der Waals surface area contributed by atoms with Gasteiger partial charge in [-0.1, -0.05) is 205 Å². The minimum atomic E-state index is -4.69. The Morgan fingerprint density at radius 3 is 1.33 bits per heavy atom. The number of ether oxygens (including phenoxy) is 1. The number of hydrogen-bond donors (Lipinski definition) is 1. The predicted molar refractivity (Wildman–Crippen MR) is 279 cm³/mol. The highest BCUT2D eigenvalue weighted by molar-refractivity contribution is 7.45. The number of quaternary nitrogens is 1. The Hall–Kier alpha value is -1.77. The first kappa shape index (κ1) is 64.2. The summed E-state index contributed by atoms with van der Waals surface area (Å²) in [6.45, 7) is 6.79. The highest BCUT2D eigenvalue weighted by Crippen LogP contribution is 2.38. The number of phosphoric ester groups is 1. The van der Waals surface area contributed by atoms with Gasteiger partial charge in [0.15, 0.2) is 0 Å². The average Bonchev–Trinajstić information content (AvgIpc) is 3.27. The summed E-state index contributed by atoms with van der Waals surface area (Å²) in [6.07, 6.45) is 53.9. The minimum Gasteiger partial charge on any atom is -0.756 e. The van der Waals surface area contributed by atoms with Crippen LogP contribution in [0.15, 0.2) is 36.5 Å². The van der Waals surface area contributed by atoms with E-state index in [1.165, 1.54) is 122 Å². The molecule has 10 heteroatoms. The number of carbonyl (C=O) groups is 2. The zero-order chi connectivity index (χ0) is 48.7. The van der Waals surface area contributed by atoms with Crippen molar-refractivity contribution in [3.63, 3.8) is 0 Å². The summed E-state index contributed by atoms with van der Waals surface area (Å²) in [7, 11) is 1.18. The van der Waals surface area contributed by atoms with Gasteiger partial charge < -0.3 is 28.5 Å². The van der Waals surface area contributed by atoms with Crippen molar-refractivity contribution in [1.82, 2.24) is 5.32 Å². The summed E-state index contributed by atoms with van der Waals surface area (Å²) in [5, 5.41) is 3.01. The maximum Gasteiger partial charge on any atom is 0.306 e. The number of allylic oxidation sites excluding steroid dienone is 5. The highest BCUT2D eigenvalue weighted by Gasteiger charge is 2.27. The summed E-state index contributed by atoms with van der Waals surface area (Å²) in [6, 6.07) is -0.891. The van der Waals surface area contributed by atoms with E-state index in [2.05, 4.69) is 50.4 Å². The van der Waals surface area contributed by atoms with Crippen molar-refractivity contribution in [2.75, 3.05) is 40.9 Å². The number of rotatable bonds is 50. The fourth-order valence-electron chi connectivity index (χ4n) is 7.91. The lowest BCUT2D eigenvalue weighted by Gasteiger charge is -2.30. The van der Waals surface area contributed by atoms with Gasteiger partial charge in [0.1, 0.15) is 19.3 Å². The number of unbranched alkanes of at least 4 members (excludes halogenated alkanes) is 30. The number of esters is 1. The van der Waals surface area contributed by atoms with Gasteiger partial charge in [-0.3, -0.25) is 14.2 Å². The van der Waals surface area contributed by atoms with Gasteiger partial charge in [-0.15, -0.1) is 0 Å². The molecule has 388 valence electrons. The Morgan fingerprint density at radius 2 is 0.894 bits per heavy atom. The van der Waals surface area contributed by atoms with E-state index in [0.29, 0.717) is 17.4 Å². The third-order valence-electron chi connectivity index (χ3n) is 12.3. The first-order valence-corrected chi connectivity index (χ1v) is 29.3. The van der Waals surface area contributed by atoms with Crippen molar-refractivity contribution < 1.29 is 37.3 Å². The topological polar surface area (TPSA) is 114 Å². The molecule has 0 fully saturated rings. The molecule has 0 saturated heterocycles. The van der Waals surface area contributed by atoms with Crippen molar-refractivity contribution >= 4 is 19.7 Å². The summed E-state index contributed by atoms with van der Waals surface area (Å²) >= 11 is 0. The quantitative estimate of drug-likeness (QED) is 0.0212. The number of carbonyl (C=O) groups excluding carboxylic acids is 2. The van der Waals surface area contributed by atoms with Crippen molar-refractivity contribution in [3.05, 3.63) is 36.5 Å². The van der Waals surface area contributed by atoms with Crippen LogP contribution in [0.5, 0.6) is 0 Å². The second-order valence-corrected chi connectivity index (χ2v) is 21.5. The van der Waals surface area contributed by atoms with Crippen LogP contribution in [-0.4, -0.2) is 69.4 Å². The lowest BCUT2D eigenvalue weighted by molar-refractivity contribution is -0.870. The Morgan fingerprint density at radius 1 is 0.515 bits per heavy atom. The summed E-state index contributed by atoms with van der Waals surface area (Å²) in [5.74, 6) is -0.557. The van der Waals surface area contributed by atoms with Crippen LogP contribution < -0.4 is 10.2 Å². The molecular weight excluding hydrogens is 844 g/mol. The molecule has 0 aliphatic rings. The average molecular weight is 951 g/mol. The second kappa shape index (κ2) is 46.9. The third kappa shape index (κ3) is 47.3. The molecule has 0 aromatic rings. The molecule has 9 nitrogen and oxygen atoms in total. The number of likely N-dealkylation sites (N-methyl/N-ethyl adjacent to an activating group) is 1. The summed E-state index contributed by atoms with van der Waals surface area (Å²) in [4.78, 5) is 39.7. The van der Waals surface area contributed by atoms with Crippen molar-refractivity contribution in [2.24, 2.45) is 0 Å². The van der Waals surface area contributed by atoms with E-state index in [1.807, 2.05) is 33.3 Å². The smallest absolute Gasteiger partial charge is 0.306 e. The lowest BCUT2D eigenvalue weighted by atomic mass is 10.0. The third-order valence-corrected chi connectivity index (χ3v) is 13.3. The molecule has 3 unspecified atom stereocenters. The van der Waals surface area contributed by atoms with Crippen LogP contribution in [0.3, 0.4) is 0 Å². The fraction of sp³-hybridized carbons (Fsp3) is 0.857. The van der Waals surface area contributed by atoms with Crippen molar-refractivity contribution in [2.45, 2.75) is 270 Å². The van der Waals surface area contributed by atoms with Gasteiger partial charge in [0, 0.05) is 12.8 Å². The standard InChI is InChI=1S/C56H107N2O7P/c1-7-10-13-16-19-22-25-27-28-29-31-34-36-39-42-45-48-55(59)57-53(52-64-66(61,62)63-51-50-58(4,5)6)54(47-44-41-38-35-33-30-26-23-20-17-14-11-8-2)65-56(60)49-46-43-40-37-32-24-21-18-15-12-9-3/h18,21,28-29,44,47,53-54H,7-17,19-20,22-27,30-43,45-46,48-52H2,1-6H3,(H-,57,59,61,62)/b21-18-,29-28+,47-44+. The molecule has 0 spiro atoms. The molecule has 1 N–H and O–H groups in total. The van der Waals surface area contributed by atoms with Crippen LogP contribution in [0.4, 0.5) is 0 Å². The highest BCUT2D eigenvalue weighted by atomic mass is 31.2. The largest absolute Gasteiger partial charge is 0.756 e. The van der Waals surface area contributed by atoms with E-state index in [-0.39, 0.29) is 24.9 Å². The Balaban J connectivity index is 5.39. The van der Waals surface area contributed by atoms with Crippen LogP contribution in [0.2, 0.25) is 0 Å². The SMILES string of the molecule is CCCC/C=C\CCCCCCCC(=O)OC(/C=C/CCCCCCCCCCCCC)C(COP(=O)([O-])OCC[N+](C)(C)C)NC(=O)CCCCCCC/C=C/CCCCCCCCC. The first-order chi connectivity index (χ1) is 31.9. The monoisotopic (exact) mass is 951 g/mol. The van der Waals surface area contributed by atoms with E-state index < -0.39 is 26.6 Å². The van der Waals surface area contributed by atoms with Gasteiger partial charge >= 0.3 is 5.97 Å². The molecule has 3 atom stereocenters. The van der Waals surface area contributed by atoms with Crippen LogP contribution in [-0.2, 0) is 27.9 Å². The van der Waals surface area contributed by atoms with E-state index >= 15 is 0 Å². The zero-order valence-corrected chi connectivity index (χ0v) is 45.0. The Bertz CT molecular complexity index is 1230. The summed E-state index contributed by atoms with van der Waals surface area (Å²) in [5.41, 5.74) is 0. The minimum absolute atomic E-state index is 0.0240. The first-order valence-electron chi connectivity index (χ1n) is 27.8. The van der Waals surface area contributed by atoms with Gasteiger partial charge in [-0.05, 0) is 76.7 Å². The molecular formula is C56H107N2O7P. The van der Waals surface area contributed by atoms with E-state index in [4.69, 9.17) is 13.8 Å². The van der Waals surface area contributed by atoms with E-state index in [0.717, 1.165) is 103 Å². The maximum absolute atomic E-state index is 13.4. The molecule has 0 bridgehead atoms. The fourth-order valence-corrected chi connectivity index (χ4v) is 8.63.